The molecule has 4 heteroatoms. The van der Waals surface area contributed by atoms with E-state index in [0.29, 0.717) is 0 Å². The highest BCUT2D eigenvalue weighted by Gasteiger charge is 2.26. The van der Waals surface area contributed by atoms with Crippen molar-refractivity contribution in [1.82, 2.24) is 0 Å². The molecule has 1 rings (SSSR count). The summed E-state index contributed by atoms with van der Waals surface area (Å²) in [5.74, 6) is 0. The maximum atomic E-state index is 5.65. The van der Waals surface area contributed by atoms with Crippen LogP contribution in [0, 0.1) is 0 Å². The summed E-state index contributed by atoms with van der Waals surface area (Å²) in [4.78, 5) is 0. The molecular weight excluding hydrogens is 140 g/mol. The van der Waals surface area contributed by atoms with Crippen LogP contribution < -0.4 is 22.9 Å². The smallest absolute Gasteiger partial charge is 0.105 e. The summed E-state index contributed by atoms with van der Waals surface area (Å²) >= 11 is 0. The average Bonchev–Trinajstić information content (AvgIpc) is 1.81. The minimum atomic E-state index is -0.897. The quantitative estimate of drug-likeness (QED) is 0.258. The maximum absolute atomic E-state index is 5.65. The second-order valence-corrected chi connectivity index (χ2v) is 3.09. The summed E-state index contributed by atoms with van der Waals surface area (Å²) in [5, 5.41) is 0. The highest BCUT2D eigenvalue weighted by molar-refractivity contribution is 5.35. The van der Waals surface area contributed by atoms with Gasteiger partial charge in [0.15, 0.2) is 0 Å². The zero-order valence-electron chi connectivity index (χ0n) is 6.54. The molecule has 4 nitrogen and oxygen atoms in total. The molecule has 11 heavy (non-hydrogen) atoms. The molecule has 0 spiro atoms. The van der Waals surface area contributed by atoms with E-state index in [1.807, 2.05) is 0 Å². The lowest BCUT2D eigenvalue weighted by molar-refractivity contribution is 0.579. The predicted octanol–water partition coefficient (Wildman–Crippen LogP) is -1.27. The number of nitrogens with two attached hydrogens (primary N) is 4. The first-order chi connectivity index (χ1) is 4.83. The Morgan fingerprint density at radius 2 is 1.64 bits per heavy atom. The first kappa shape index (κ1) is 8.42. The van der Waals surface area contributed by atoms with E-state index in [1.54, 1.807) is 25.2 Å². The van der Waals surface area contributed by atoms with Crippen molar-refractivity contribution in [2.24, 2.45) is 22.9 Å². The van der Waals surface area contributed by atoms with E-state index in [4.69, 9.17) is 22.9 Å². The molecule has 0 radical (unpaired) electrons. The normalized spacial score (nSPS) is 26.5. The third-order valence-corrected chi connectivity index (χ3v) is 1.80. The van der Waals surface area contributed by atoms with Gasteiger partial charge in [0, 0.05) is 0 Å². The van der Waals surface area contributed by atoms with Crippen LogP contribution >= 0.6 is 0 Å². The highest BCUT2D eigenvalue weighted by Crippen LogP contribution is 2.17. The van der Waals surface area contributed by atoms with E-state index in [-0.39, 0.29) is 0 Å². The van der Waals surface area contributed by atoms with Gasteiger partial charge in [0.25, 0.3) is 0 Å². The Hall–Kier alpha value is -0.680. The van der Waals surface area contributed by atoms with E-state index in [9.17, 15) is 0 Å². The summed E-state index contributed by atoms with van der Waals surface area (Å²) < 4.78 is 0. The van der Waals surface area contributed by atoms with Crippen molar-refractivity contribution in [3.8, 4) is 0 Å². The van der Waals surface area contributed by atoms with Crippen LogP contribution in [0.15, 0.2) is 23.8 Å². The lowest BCUT2D eigenvalue weighted by atomic mass is 9.91. The minimum Gasteiger partial charge on any atom is -0.307 e. The molecule has 0 aliphatic heterocycles. The van der Waals surface area contributed by atoms with Gasteiger partial charge in [0.05, 0.1) is 0 Å². The molecule has 0 bridgehead atoms. The Morgan fingerprint density at radius 3 is 2.00 bits per heavy atom. The van der Waals surface area contributed by atoms with Crippen molar-refractivity contribution in [2.75, 3.05) is 0 Å². The van der Waals surface area contributed by atoms with Crippen LogP contribution in [-0.2, 0) is 0 Å². The number of hydrogen-bond donors (Lipinski definition) is 4. The van der Waals surface area contributed by atoms with E-state index < -0.39 is 11.3 Å². The molecule has 0 aromatic carbocycles. The van der Waals surface area contributed by atoms with Crippen molar-refractivity contribution < 1.29 is 0 Å². The van der Waals surface area contributed by atoms with Crippen molar-refractivity contribution >= 4 is 0 Å². The summed E-state index contributed by atoms with van der Waals surface area (Å²) in [6.07, 6.45) is 4.87. The Balaban J connectivity index is 2.98. The van der Waals surface area contributed by atoms with Crippen LogP contribution in [0.25, 0.3) is 0 Å². The molecule has 0 aromatic rings. The average molecular weight is 154 g/mol. The zero-order chi connectivity index (χ0) is 8.70. The van der Waals surface area contributed by atoms with Crippen LogP contribution in [0.5, 0.6) is 0 Å². The van der Waals surface area contributed by atoms with Crippen LogP contribution in [0.4, 0.5) is 0 Å². The Morgan fingerprint density at radius 1 is 1.09 bits per heavy atom. The Labute approximate surface area is 65.9 Å². The zero-order valence-corrected chi connectivity index (χ0v) is 6.54. The van der Waals surface area contributed by atoms with Gasteiger partial charge < -0.3 is 22.9 Å². The highest BCUT2D eigenvalue weighted by atomic mass is 15.0. The van der Waals surface area contributed by atoms with Gasteiger partial charge in [-0.15, -0.1) is 0 Å². The molecule has 0 heterocycles. The predicted molar refractivity (Wildman–Crippen MR) is 45.1 cm³/mol. The molecule has 1 aliphatic rings. The fraction of sp³-hybridized carbons (Fsp3) is 0.429. The molecule has 0 unspecified atom stereocenters. The molecule has 1 aliphatic carbocycles. The summed E-state index contributed by atoms with van der Waals surface area (Å²) in [5.41, 5.74) is 21.5. The SMILES string of the molecule is CC1=CC(N)(N)C=CC1(N)N. The molecule has 0 aromatic heterocycles. The lowest BCUT2D eigenvalue weighted by Gasteiger charge is -2.30. The molecule has 0 amide bonds. The first-order valence-corrected chi connectivity index (χ1v) is 3.39. The number of hydrogen-bond acceptors (Lipinski definition) is 4. The van der Waals surface area contributed by atoms with Crippen LogP contribution in [0.1, 0.15) is 6.92 Å². The van der Waals surface area contributed by atoms with Crippen molar-refractivity contribution in [3.05, 3.63) is 23.8 Å². The Kier molecular flexibility index (Phi) is 1.65. The van der Waals surface area contributed by atoms with E-state index >= 15 is 0 Å². The standard InChI is InChI=1S/C7H14N4/c1-5-4-6(8,9)2-3-7(5,10)11/h2-4H,8-11H2,1H3. The van der Waals surface area contributed by atoms with E-state index in [2.05, 4.69) is 0 Å². The van der Waals surface area contributed by atoms with Gasteiger partial charge in [0.2, 0.25) is 0 Å². The van der Waals surface area contributed by atoms with Crippen molar-refractivity contribution in [1.29, 1.82) is 0 Å². The topological polar surface area (TPSA) is 104 Å². The van der Waals surface area contributed by atoms with Gasteiger partial charge in [-0.05, 0) is 30.7 Å². The first-order valence-electron chi connectivity index (χ1n) is 3.39. The fourth-order valence-corrected chi connectivity index (χ4v) is 0.962. The van der Waals surface area contributed by atoms with E-state index in [1.165, 1.54) is 0 Å². The largest absolute Gasteiger partial charge is 0.307 e. The second kappa shape index (κ2) is 2.15. The monoisotopic (exact) mass is 154 g/mol. The maximum Gasteiger partial charge on any atom is 0.105 e. The molecular formula is C7H14N4. The molecule has 8 N–H and O–H groups in total. The Bertz CT molecular complexity index is 225. The van der Waals surface area contributed by atoms with E-state index in [0.717, 1.165) is 5.57 Å². The lowest BCUT2D eigenvalue weighted by Crippen LogP contribution is -2.56. The fourth-order valence-electron chi connectivity index (χ4n) is 0.962. The van der Waals surface area contributed by atoms with Gasteiger partial charge in [-0.1, -0.05) is 0 Å². The van der Waals surface area contributed by atoms with Gasteiger partial charge in [0.1, 0.15) is 11.3 Å². The van der Waals surface area contributed by atoms with Crippen molar-refractivity contribution in [3.63, 3.8) is 0 Å². The van der Waals surface area contributed by atoms with Gasteiger partial charge in [-0.2, -0.15) is 0 Å². The minimum absolute atomic E-state index is 0.782. The van der Waals surface area contributed by atoms with Crippen molar-refractivity contribution in [2.45, 2.75) is 18.2 Å². The third-order valence-electron chi connectivity index (χ3n) is 1.80. The van der Waals surface area contributed by atoms with Crippen LogP contribution in [-0.4, -0.2) is 11.3 Å². The van der Waals surface area contributed by atoms with Gasteiger partial charge in [-0.3, -0.25) is 0 Å². The molecule has 0 atom stereocenters. The molecule has 0 saturated carbocycles. The summed E-state index contributed by atoms with van der Waals surface area (Å²) in [7, 11) is 0. The number of rotatable bonds is 0. The molecule has 0 saturated heterocycles. The summed E-state index contributed by atoms with van der Waals surface area (Å²) in [6, 6.07) is 0. The molecule has 62 valence electrons. The summed E-state index contributed by atoms with van der Waals surface area (Å²) in [6.45, 7) is 1.80. The van der Waals surface area contributed by atoms with Crippen LogP contribution in [0.3, 0.4) is 0 Å². The second-order valence-electron chi connectivity index (χ2n) is 3.09. The third kappa shape index (κ3) is 1.66. The van der Waals surface area contributed by atoms with Gasteiger partial charge in [-0.25, -0.2) is 0 Å². The van der Waals surface area contributed by atoms with Crippen LogP contribution in [0.2, 0.25) is 0 Å². The molecule has 0 fully saturated rings. The van der Waals surface area contributed by atoms with Gasteiger partial charge >= 0.3 is 0 Å².